The van der Waals surface area contributed by atoms with E-state index in [1.165, 1.54) is 5.56 Å². The third kappa shape index (κ3) is 4.18. The Kier molecular flexibility index (Phi) is 5.85. The summed E-state index contributed by atoms with van der Waals surface area (Å²) in [5.41, 5.74) is 3.36. The van der Waals surface area contributed by atoms with Crippen LogP contribution in [0.5, 0.6) is 0 Å². The van der Waals surface area contributed by atoms with Crippen molar-refractivity contribution in [1.82, 2.24) is 4.72 Å². The molecule has 2 aliphatic heterocycles. The van der Waals surface area contributed by atoms with Gasteiger partial charge in [-0.3, -0.25) is 4.79 Å². The van der Waals surface area contributed by atoms with E-state index in [2.05, 4.69) is 10.8 Å². The van der Waals surface area contributed by atoms with E-state index in [9.17, 15) is 9.00 Å². The Labute approximate surface area is 159 Å². The van der Waals surface area contributed by atoms with Crippen LogP contribution in [0.4, 0.5) is 5.69 Å². The van der Waals surface area contributed by atoms with Crippen LogP contribution < -0.4 is 9.62 Å². The highest BCUT2D eigenvalue weighted by Crippen LogP contribution is 2.33. The third-order valence-electron chi connectivity index (χ3n) is 5.18. The van der Waals surface area contributed by atoms with Crippen LogP contribution >= 0.6 is 0 Å². The number of anilines is 1. The molecule has 1 N–H and O–H groups in total. The maximum Gasteiger partial charge on any atom is 0.230 e. The second kappa shape index (κ2) is 7.79. The monoisotopic (exact) mass is 378 g/mol. The molecule has 2 heterocycles. The van der Waals surface area contributed by atoms with Gasteiger partial charge in [-0.25, -0.2) is 8.93 Å². The number of nitrogens with zero attached hydrogens (tertiary/aromatic N) is 1. The molecule has 1 amide bonds. The van der Waals surface area contributed by atoms with Gasteiger partial charge in [-0.15, -0.1) is 0 Å². The number of ether oxygens (including phenoxy) is 1. The van der Waals surface area contributed by atoms with Gasteiger partial charge < -0.3 is 9.64 Å². The maximum atomic E-state index is 12.9. The second-order valence-corrected chi connectivity index (χ2v) is 10.2. The second-order valence-electron chi connectivity index (χ2n) is 8.24. The summed E-state index contributed by atoms with van der Waals surface area (Å²) >= 11 is 0. The molecule has 0 bridgehead atoms. The van der Waals surface area contributed by atoms with E-state index in [0.29, 0.717) is 13.2 Å². The van der Waals surface area contributed by atoms with Gasteiger partial charge in [0, 0.05) is 37.4 Å². The molecule has 2 aliphatic rings. The highest BCUT2D eigenvalue weighted by atomic mass is 32.2. The van der Waals surface area contributed by atoms with Gasteiger partial charge in [0.15, 0.2) is 0 Å². The van der Waals surface area contributed by atoms with Gasteiger partial charge in [-0.2, -0.15) is 0 Å². The molecule has 2 atom stereocenters. The van der Waals surface area contributed by atoms with Gasteiger partial charge >= 0.3 is 0 Å². The Morgan fingerprint density at radius 3 is 2.65 bits per heavy atom. The fraction of sp³-hybridized carbons (Fsp3) is 0.650. The number of carbonyl (C=O) groups is 1. The number of benzene rings is 1. The molecule has 6 heteroatoms. The van der Waals surface area contributed by atoms with E-state index < -0.39 is 11.0 Å². The summed E-state index contributed by atoms with van der Waals surface area (Å²) in [6.45, 7) is 10.0. The summed E-state index contributed by atoms with van der Waals surface area (Å²) in [5, 5.41) is 0. The van der Waals surface area contributed by atoms with Gasteiger partial charge in [-0.1, -0.05) is 12.1 Å². The number of amides is 1. The average Bonchev–Trinajstić information content (AvgIpc) is 3.04. The van der Waals surface area contributed by atoms with Crippen molar-refractivity contribution in [2.45, 2.75) is 57.7 Å². The van der Waals surface area contributed by atoms with E-state index in [0.717, 1.165) is 37.1 Å². The number of rotatable bonds is 4. The van der Waals surface area contributed by atoms with Crippen molar-refractivity contribution in [3.63, 3.8) is 0 Å². The Morgan fingerprint density at radius 1 is 1.31 bits per heavy atom. The zero-order chi connectivity index (χ0) is 18.9. The number of carbonyl (C=O) groups excluding carboxylic acids is 1. The van der Waals surface area contributed by atoms with Gasteiger partial charge in [-0.05, 0) is 64.2 Å². The number of hydrogen-bond acceptors (Lipinski definition) is 3. The van der Waals surface area contributed by atoms with E-state index in [-0.39, 0.29) is 22.6 Å². The number of nitrogens with one attached hydrogen (secondary N) is 1. The SMILES string of the molecule is CC(N[S@](=O)C(C)(C)C)c1ccc2c(c1)CCN2C(=O)C1CCOCC1. The molecule has 1 aromatic rings. The normalized spacial score (nSPS) is 20.7. The summed E-state index contributed by atoms with van der Waals surface area (Å²) in [7, 11) is -1.11. The van der Waals surface area contributed by atoms with E-state index in [1.54, 1.807) is 0 Å². The topological polar surface area (TPSA) is 58.6 Å². The van der Waals surface area contributed by atoms with Crippen LogP contribution in [-0.4, -0.2) is 34.6 Å². The molecule has 26 heavy (non-hydrogen) atoms. The predicted molar refractivity (Wildman–Crippen MR) is 105 cm³/mol. The molecule has 144 valence electrons. The van der Waals surface area contributed by atoms with Crippen LogP contribution in [0.2, 0.25) is 0 Å². The lowest BCUT2D eigenvalue weighted by molar-refractivity contribution is -0.125. The van der Waals surface area contributed by atoms with Crippen molar-refractivity contribution >= 4 is 22.6 Å². The molecule has 0 aromatic heterocycles. The van der Waals surface area contributed by atoms with Crippen molar-refractivity contribution in [2.24, 2.45) is 5.92 Å². The van der Waals surface area contributed by atoms with Gasteiger partial charge in [0.2, 0.25) is 5.91 Å². The molecule has 1 fully saturated rings. The first-order chi connectivity index (χ1) is 12.3. The van der Waals surface area contributed by atoms with Crippen LogP contribution in [0.15, 0.2) is 18.2 Å². The molecule has 1 unspecified atom stereocenters. The van der Waals surface area contributed by atoms with Crippen LogP contribution in [0.3, 0.4) is 0 Å². The Morgan fingerprint density at radius 2 is 2.00 bits per heavy atom. The molecule has 0 radical (unpaired) electrons. The molecule has 3 rings (SSSR count). The lowest BCUT2D eigenvalue weighted by Crippen LogP contribution is -2.37. The Bertz CT molecular complexity index is 693. The van der Waals surface area contributed by atoms with Crippen molar-refractivity contribution in [1.29, 1.82) is 0 Å². The van der Waals surface area contributed by atoms with Crippen LogP contribution in [0, 0.1) is 5.92 Å². The zero-order valence-electron chi connectivity index (χ0n) is 16.2. The molecular formula is C20H30N2O3S. The molecule has 0 saturated carbocycles. The number of hydrogen-bond donors (Lipinski definition) is 1. The molecular weight excluding hydrogens is 348 g/mol. The molecule has 5 nitrogen and oxygen atoms in total. The largest absolute Gasteiger partial charge is 0.381 e. The summed E-state index contributed by atoms with van der Waals surface area (Å²) in [6.07, 6.45) is 2.53. The van der Waals surface area contributed by atoms with Gasteiger partial charge in [0.1, 0.15) is 0 Å². The van der Waals surface area contributed by atoms with Crippen molar-refractivity contribution in [3.8, 4) is 0 Å². The quantitative estimate of drug-likeness (QED) is 0.876. The van der Waals surface area contributed by atoms with Gasteiger partial charge in [0.05, 0.1) is 15.7 Å². The minimum Gasteiger partial charge on any atom is -0.381 e. The lowest BCUT2D eigenvalue weighted by Gasteiger charge is -2.27. The molecule has 0 aliphatic carbocycles. The zero-order valence-corrected chi connectivity index (χ0v) is 17.0. The Balaban J connectivity index is 1.71. The summed E-state index contributed by atoms with van der Waals surface area (Å²) in [6, 6.07) is 6.25. The van der Waals surface area contributed by atoms with Crippen molar-refractivity contribution in [3.05, 3.63) is 29.3 Å². The van der Waals surface area contributed by atoms with E-state index in [4.69, 9.17) is 4.74 Å². The molecule has 1 saturated heterocycles. The summed E-state index contributed by atoms with van der Waals surface area (Å²) in [4.78, 5) is 14.8. The fourth-order valence-corrected chi connectivity index (χ4v) is 4.30. The smallest absolute Gasteiger partial charge is 0.230 e. The minimum atomic E-state index is -1.11. The average molecular weight is 379 g/mol. The van der Waals surface area contributed by atoms with Crippen molar-refractivity contribution < 1.29 is 13.7 Å². The van der Waals surface area contributed by atoms with Crippen molar-refractivity contribution in [2.75, 3.05) is 24.7 Å². The number of fused-ring (bicyclic) bond motifs is 1. The minimum absolute atomic E-state index is 0.000558. The highest BCUT2D eigenvalue weighted by molar-refractivity contribution is 7.84. The predicted octanol–water partition coefficient (Wildman–Crippen LogP) is 3.12. The molecule has 1 aromatic carbocycles. The van der Waals surface area contributed by atoms with E-state index in [1.807, 2.05) is 44.7 Å². The summed E-state index contributed by atoms with van der Waals surface area (Å²) in [5.74, 6) is 0.323. The first kappa shape index (κ1) is 19.5. The maximum absolute atomic E-state index is 12.9. The standard InChI is InChI=1S/C20H30N2O3S/c1-14(21-26(24)20(2,3)4)16-5-6-18-17(13-16)7-10-22(18)19(23)15-8-11-25-12-9-15/h5-6,13-15,21H,7-12H2,1-4H3/t14?,26-/m1/s1. The van der Waals surface area contributed by atoms with E-state index >= 15 is 0 Å². The van der Waals surface area contributed by atoms with Crippen LogP contribution in [0.25, 0.3) is 0 Å². The Hall–Kier alpha value is -1.24. The van der Waals surface area contributed by atoms with Gasteiger partial charge in [0.25, 0.3) is 0 Å². The summed E-state index contributed by atoms with van der Waals surface area (Å²) < 4.78 is 20.6. The first-order valence-electron chi connectivity index (χ1n) is 9.47. The highest BCUT2D eigenvalue weighted by Gasteiger charge is 2.31. The van der Waals surface area contributed by atoms with Crippen LogP contribution in [-0.2, 0) is 26.9 Å². The fourth-order valence-electron chi connectivity index (χ4n) is 3.49. The first-order valence-corrected chi connectivity index (χ1v) is 10.6. The van der Waals surface area contributed by atoms with Crippen LogP contribution in [0.1, 0.15) is 57.7 Å². The molecule has 0 spiro atoms. The lowest BCUT2D eigenvalue weighted by atomic mass is 9.98. The third-order valence-corrected chi connectivity index (χ3v) is 6.86.